The highest BCUT2D eigenvalue weighted by atomic mass is 19.4. The third kappa shape index (κ3) is 8.32. The van der Waals surface area contributed by atoms with Crippen molar-refractivity contribution in [3.63, 3.8) is 0 Å². The normalized spacial score (nSPS) is 12.5. The predicted molar refractivity (Wildman–Crippen MR) is 147 cm³/mol. The van der Waals surface area contributed by atoms with E-state index < -0.39 is 23.5 Å². The molecule has 0 unspecified atom stereocenters. The standard InChI is InChI=1S/C30H28F4N2O6/c1-19(35-42-17-21-9-5-6-11-24(21)26(18-38-2)29(37)39-3)28(36-40-4)25-13-12-23(15-27(25)31)41-16-20-8-7-10-22(14-20)30(32,33)34/h5-15,18H,16-17H2,1-4H3. The second-order valence-corrected chi connectivity index (χ2v) is 8.62. The van der Waals surface area contributed by atoms with Crippen LogP contribution in [0, 0.1) is 5.82 Å². The molecule has 0 fully saturated rings. The number of rotatable bonds is 12. The van der Waals surface area contributed by atoms with Gasteiger partial charge in [0, 0.05) is 17.2 Å². The van der Waals surface area contributed by atoms with Crippen LogP contribution in [0.25, 0.3) is 5.57 Å². The first-order chi connectivity index (χ1) is 20.1. The van der Waals surface area contributed by atoms with Gasteiger partial charge in [0.2, 0.25) is 0 Å². The van der Waals surface area contributed by atoms with E-state index in [0.29, 0.717) is 11.1 Å². The second-order valence-electron chi connectivity index (χ2n) is 8.62. The van der Waals surface area contributed by atoms with E-state index >= 15 is 4.39 Å². The Morgan fingerprint density at radius 3 is 2.33 bits per heavy atom. The summed E-state index contributed by atoms with van der Waals surface area (Å²) in [4.78, 5) is 22.6. The SMILES string of the molecule is COC=C(C(=O)OC)c1ccccc1CON=C(C)C(=NOC)c1ccc(OCc2cccc(C(F)(F)F)c2)cc1F. The largest absolute Gasteiger partial charge is 0.503 e. The molecule has 3 aromatic carbocycles. The summed E-state index contributed by atoms with van der Waals surface area (Å²) in [6, 6.07) is 15.5. The molecule has 0 saturated carbocycles. The summed E-state index contributed by atoms with van der Waals surface area (Å²) in [5, 5.41) is 7.92. The number of nitrogens with zero attached hydrogens (tertiary/aromatic N) is 2. The molecule has 0 saturated heterocycles. The number of halogens is 4. The highest BCUT2D eigenvalue weighted by molar-refractivity contribution is 6.47. The van der Waals surface area contributed by atoms with Gasteiger partial charge in [-0.3, -0.25) is 0 Å². The molecule has 0 aliphatic rings. The minimum Gasteiger partial charge on any atom is -0.503 e. The van der Waals surface area contributed by atoms with Crippen LogP contribution in [0.5, 0.6) is 5.75 Å². The van der Waals surface area contributed by atoms with E-state index in [1.54, 1.807) is 24.3 Å². The molecule has 0 spiro atoms. The van der Waals surface area contributed by atoms with E-state index in [9.17, 15) is 18.0 Å². The summed E-state index contributed by atoms with van der Waals surface area (Å²) < 4.78 is 69.4. The van der Waals surface area contributed by atoms with Crippen LogP contribution in [0.1, 0.15) is 34.7 Å². The predicted octanol–water partition coefficient (Wildman–Crippen LogP) is 6.53. The van der Waals surface area contributed by atoms with E-state index in [2.05, 4.69) is 10.3 Å². The van der Waals surface area contributed by atoms with Gasteiger partial charge in [0.25, 0.3) is 0 Å². The Bertz CT molecular complexity index is 1480. The van der Waals surface area contributed by atoms with Crippen LogP contribution in [-0.4, -0.2) is 38.7 Å². The summed E-state index contributed by atoms with van der Waals surface area (Å²) >= 11 is 0. The highest BCUT2D eigenvalue weighted by Crippen LogP contribution is 2.30. The summed E-state index contributed by atoms with van der Waals surface area (Å²) in [6.45, 7) is 1.28. The molecule has 0 heterocycles. The van der Waals surface area contributed by atoms with Crippen molar-refractivity contribution in [1.82, 2.24) is 0 Å². The third-order valence-corrected chi connectivity index (χ3v) is 5.75. The lowest BCUT2D eigenvalue weighted by Gasteiger charge is -2.12. The number of hydrogen-bond acceptors (Lipinski definition) is 8. The molecule has 8 nitrogen and oxygen atoms in total. The molecule has 222 valence electrons. The molecule has 0 aliphatic heterocycles. The zero-order chi connectivity index (χ0) is 30.7. The van der Waals surface area contributed by atoms with E-state index in [-0.39, 0.29) is 47.1 Å². The van der Waals surface area contributed by atoms with E-state index in [1.807, 2.05) is 0 Å². The van der Waals surface area contributed by atoms with Crippen molar-refractivity contribution >= 4 is 23.0 Å². The van der Waals surface area contributed by atoms with Gasteiger partial charge in [-0.25, -0.2) is 9.18 Å². The molecular weight excluding hydrogens is 560 g/mol. The van der Waals surface area contributed by atoms with Crippen LogP contribution in [0.15, 0.2) is 83.3 Å². The first-order valence-corrected chi connectivity index (χ1v) is 12.4. The average Bonchev–Trinajstić information content (AvgIpc) is 2.97. The lowest BCUT2D eigenvalue weighted by atomic mass is 10.0. The number of oxime groups is 2. The van der Waals surface area contributed by atoms with Crippen molar-refractivity contribution in [2.45, 2.75) is 26.3 Å². The van der Waals surface area contributed by atoms with Gasteiger partial charge < -0.3 is 23.9 Å². The van der Waals surface area contributed by atoms with Crippen LogP contribution in [0.4, 0.5) is 17.6 Å². The fourth-order valence-corrected chi connectivity index (χ4v) is 3.78. The molecule has 0 amide bonds. The number of methoxy groups -OCH3 is 2. The number of ether oxygens (including phenoxy) is 3. The van der Waals surface area contributed by atoms with Gasteiger partial charge in [-0.1, -0.05) is 46.7 Å². The summed E-state index contributed by atoms with van der Waals surface area (Å²) in [5.41, 5.74) is 0.977. The Kier molecular flexibility index (Phi) is 11.1. The van der Waals surface area contributed by atoms with Crippen LogP contribution in [0.2, 0.25) is 0 Å². The van der Waals surface area contributed by atoms with Crippen molar-refractivity contribution in [3.8, 4) is 5.75 Å². The molecule has 12 heteroatoms. The number of carbonyl (C=O) groups excluding carboxylic acids is 1. The molecule has 0 atom stereocenters. The maximum atomic E-state index is 15.1. The third-order valence-electron chi connectivity index (χ3n) is 5.75. The Morgan fingerprint density at radius 2 is 1.67 bits per heavy atom. The summed E-state index contributed by atoms with van der Waals surface area (Å²) in [5.74, 6) is -1.24. The van der Waals surface area contributed by atoms with Crippen molar-refractivity contribution in [3.05, 3.63) is 107 Å². The van der Waals surface area contributed by atoms with Crippen LogP contribution >= 0.6 is 0 Å². The monoisotopic (exact) mass is 588 g/mol. The number of benzene rings is 3. The Morgan fingerprint density at radius 1 is 0.905 bits per heavy atom. The quantitative estimate of drug-likeness (QED) is 0.0598. The molecule has 3 aromatic rings. The fourth-order valence-electron chi connectivity index (χ4n) is 3.78. The minimum absolute atomic E-state index is 0.0181. The fraction of sp³-hybridized carbons (Fsp3) is 0.233. The average molecular weight is 589 g/mol. The molecular formula is C30H28F4N2O6. The molecule has 42 heavy (non-hydrogen) atoms. The molecule has 3 rings (SSSR count). The Labute approximate surface area is 239 Å². The lowest BCUT2D eigenvalue weighted by molar-refractivity contribution is -0.137. The maximum absolute atomic E-state index is 15.1. The van der Waals surface area contributed by atoms with Gasteiger partial charge in [0.15, 0.2) is 0 Å². The van der Waals surface area contributed by atoms with E-state index in [0.717, 1.165) is 18.2 Å². The minimum atomic E-state index is -4.49. The highest BCUT2D eigenvalue weighted by Gasteiger charge is 2.30. The molecule has 0 aromatic heterocycles. The van der Waals surface area contributed by atoms with Crippen molar-refractivity contribution in [2.75, 3.05) is 21.3 Å². The molecule has 0 aliphatic carbocycles. The number of alkyl halides is 3. The van der Waals surface area contributed by atoms with Crippen LogP contribution in [0.3, 0.4) is 0 Å². The number of carbonyl (C=O) groups is 1. The van der Waals surface area contributed by atoms with Gasteiger partial charge >= 0.3 is 12.1 Å². The van der Waals surface area contributed by atoms with Crippen molar-refractivity contribution < 1.29 is 46.2 Å². The second kappa shape index (κ2) is 14.7. The van der Waals surface area contributed by atoms with Crippen LogP contribution in [-0.2, 0) is 43.3 Å². The lowest BCUT2D eigenvalue weighted by Crippen LogP contribution is -2.15. The maximum Gasteiger partial charge on any atom is 0.416 e. The summed E-state index contributed by atoms with van der Waals surface area (Å²) in [6.07, 6.45) is -3.22. The first-order valence-electron chi connectivity index (χ1n) is 12.4. The van der Waals surface area contributed by atoms with Crippen molar-refractivity contribution in [1.29, 1.82) is 0 Å². The smallest absolute Gasteiger partial charge is 0.416 e. The Hall–Kier alpha value is -4.87. The van der Waals surface area contributed by atoms with Gasteiger partial charge in [-0.2, -0.15) is 13.2 Å². The van der Waals surface area contributed by atoms with Gasteiger partial charge in [0.05, 0.1) is 26.0 Å². The van der Waals surface area contributed by atoms with Gasteiger partial charge in [0.1, 0.15) is 48.9 Å². The van der Waals surface area contributed by atoms with Crippen molar-refractivity contribution in [2.24, 2.45) is 10.3 Å². The molecule has 0 bridgehead atoms. The van der Waals surface area contributed by atoms with Crippen LogP contribution < -0.4 is 4.74 Å². The molecule has 0 radical (unpaired) electrons. The number of hydrogen-bond donors (Lipinski definition) is 0. The Balaban J connectivity index is 1.75. The summed E-state index contributed by atoms with van der Waals surface area (Å²) in [7, 11) is 3.94. The first kappa shape index (κ1) is 31.7. The molecule has 0 N–H and O–H groups in total. The van der Waals surface area contributed by atoms with Gasteiger partial charge in [-0.05, 0) is 42.3 Å². The zero-order valence-electron chi connectivity index (χ0n) is 23.2. The van der Waals surface area contributed by atoms with Gasteiger partial charge in [-0.15, -0.1) is 0 Å². The van der Waals surface area contributed by atoms with E-state index in [4.69, 9.17) is 23.9 Å². The van der Waals surface area contributed by atoms with E-state index in [1.165, 1.54) is 58.8 Å². The zero-order valence-corrected chi connectivity index (χ0v) is 23.2. The topological polar surface area (TPSA) is 87.9 Å². The number of esters is 1.